The Morgan fingerprint density at radius 3 is 1.22 bits per heavy atom. The van der Waals surface area contributed by atoms with Crippen molar-refractivity contribution < 1.29 is 0 Å². The summed E-state index contributed by atoms with van der Waals surface area (Å²) < 4.78 is 0. The van der Waals surface area contributed by atoms with Gasteiger partial charge in [-0.25, -0.2) is 0 Å². The van der Waals surface area contributed by atoms with Gasteiger partial charge in [0.25, 0.3) is 0 Å². The Hall–Kier alpha value is -2.78. The predicted molar refractivity (Wildman–Crippen MR) is 144 cm³/mol. The van der Waals surface area contributed by atoms with E-state index in [4.69, 9.17) is 0 Å². The molecule has 0 heterocycles. The van der Waals surface area contributed by atoms with Crippen LogP contribution in [0, 0.1) is 0 Å². The van der Waals surface area contributed by atoms with Crippen molar-refractivity contribution in [2.75, 3.05) is 0 Å². The molecular formula is C30H26P2. The topological polar surface area (TPSA) is 0 Å². The van der Waals surface area contributed by atoms with Gasteiger partial charge in [-0.15, -0.1) is 0 Å². The monoisotopic (exact) mass is 448 g/mol. The van der Waals surface area contributed by atoms with Crippen LogP contribution in [-0.4, -0.2) is 0 Å². The summed E-state index contributed by atoms with van der Waals surface area (Å²) in [6, 6.07) is 44.4. The van der Waals surface area contributed by atoms with Gasteiger partial charge in [0.05, 0.1) is 0 Å². The molecule has 0 N–H and O–H groups in total. The lowest BCUT2D eigenvalue weighted by molar-refractivity contribution is 1.01. The summed E-state index contributed by atoms with van der Waals surface area (Å²) in [5, 5.41) is 8.87. The first-order valence-corrected chi connectivity index (χ1v) is 13.8. The van der Waals surface area contributed by atoms with E-state index in [1.807, 2.05) is 0 Å². The van der Waals surface area contributed by atoms with Crippen LogP contribution < -0.4 is 21.2 Å². The molecule has 0 atom stereocenters. The van der Waals surface area contributed by atoms with Gasteiger partial charge >= 0.3 is 0 Å². The zero-order chi connectivity index (χ0) is 21.6. The van der Waals surface area contributed by atoms with Gasteiger partial charge in [-0.1, -0.05) is 133 Å². The van der Waals surface area contributed by atoms with Crippen LogP contribution in [0.5, 0.6) is 0 Å². The van der Waals surface area contributed by atoms with Crippen molar-refractivity contribution >= 4 is 37.1 Å². The summed E-state index contributed by atoms with van der Waals surface area (Å²) in [5.74, 6) is 0. The highest BCUT2D eigenvalue weighted by atomic mass is 31.1. The molecule has 156 valence electrons. The number of benzene rings is 4. The Morgan fingerprint density at radius 1 is 0.438 bits per heavy atom. The fourth-order valence-electron chi connectivity index (χ4n) is 4.27. The lowest BCUT2D eigenvalue weighted by atomic mass is 10.2. The fraction of sp³-hybridized carbons (Fsp3) is 0.0667. The molecule has 1 aliphatic rings. The van der Waals surface area contributed by atoms with Gasteiger partial charge in [-0.2, -0.15) is 0 Å². The molecule has 32 heavy (non-hydrogen) atoms. The van der Waals surface area contributed by atoms with Crippen LogP contribution in [0.15, 0.2) is 144 Å². The van der Waals surface area contributed by atoms with E-state index in [9.17, 15) is 0 Å². The summed E-state index contributed by atoms with van der Waals surface area (Å²) in [7, 11) is -1.19. The third-order valence-electron chi connectivity index (χ3n) is 5.69. The molecule has 0 radical (unpaired) electrons. The maximum atomic E-state index is 2.44. The van der Waals surface area contributed by atoms with Crippen LogP contribution in [-0.2, 0) is 0 Å². The first-order chi connectivity index (χ1) is 15.9. The van der Waals surface area contributed by atoms with E-state index >= 15 is 0 Å². The smallest absolute Gasteiger partial charge is 0.0111 e. The molecule has 0 aromatic heterocycles. The highest BCUT2D eigenvalue weighted by Crippen LogP contribution is 2.56. The van der Waals surface area contributed by atoms with E-state index in [2.05, 4.69) is 133 Å². The second-order valence-corrected chi connectivity index (χ2v) is 12.2. The molecule has 1 aliphatic carbocycles. The summed E-state index contributed by atoms with van der Waals surface area (Å²) in [6.07, 6.45) is 7.05. The van der Waals surface area contributed by atoms with Gasteiger partial charge < -0.3 is 0 Å². The molecule has 0 bridgehead atoms. The van der Waals surface area contributed by atoms with Gasteiger partial charge in [0.1, 0.15) is 0 Å². The second kappa shape index (κ2) is 10.2. The molecular weight excluding hydrogens is 422 g/mol. The Kier molecular flexibility index (Phi) is 6.74. The maximum absolute atomic E-state index is 2.44. The maximum Gasteiger partial charge on any atom is -0.0111 e. The Labute approximate surface area is 193 Å². The normalized spacial score (nSPS) is 13.7. The van der Waals surface area contributed by atoms with Gasteiger partial charge in [-0.3, -0.25) is 0 Å². The Bertz CT molecular complexity index is 1120. The van der Waals surface area contributed by atoms with Crippen molar-refractivity contribution in [3.05, 3.63) is 144 Å². The van der Waals surface area contributed by atoms with Crippen molar-refractivity contribution in [3.8, 4) is 0 Å². The zero-order valence-corrected chi connectivity index (χ0v) is 19.8. The molecule has 0 saturated heterocycles. The average molecular weight is 448 g/mol. The minimum Gasteiger partial charge on any atom is -0.0835 e. The van der Waals surface area contributed by atoms with Crippen LogP contribution in [0.3, 0.4) is 0 Å². The minimum atomic E-state index is -0.613. The average Bonchev–Trinajstić information content (AvgIpc) is 2.88. The van der Waals surface area contributed by atoms with Crippen molar-refractivity contribution in [2.24, 2.45) is 0 Å². The van der Waals surface area contributed by atoms with E-state index in [0.29, 0.717) is 0 Å². The summed E-state index contributed by atoms with van der Waals surface area (Å²) in [5.41, 5.74) is 0. The van der Waals surface area contributed by atoms with E-state index in [1.165, 1.54) is 26.5 Å². The van der Waals surface area contributed by atoms with Crippen LogP contribution in [0.1, 0.15) is 12.8 Å². The van der Waals surface area contributed by atoms with E-state index in [-0.39, 0.29) is 0 Å². The van der Waals surface area contributed by atoms with Gasteiger partial charge in [0.2, 0.25) is 0 Å². The molecule has 0 nitrogen and oxygen atoms in total. The molecule has 4 aromatic carbocycles. The molecule has 0 spiro atoms. The molecule has 0 unspecified atom stereocenters. The largest absolute Gasteiger partial charge is 0.0835 e. The lowest BCUT2D eigenvalue weighted by Gasteiger charge is -2.31. The van der Waals surface area contributed by atoms with Crippen LogP contribution in [0.2, 0.25) is 0 Å². The molecule has 4 aromatic rings. The second-order valence-electron chi connectivity index (χ2n) is 7.79. The summed E-state index contributed by atoms with van der Waals surface area (Å²) in [4.78, 5) is 0. The minimum absolute atomic E-state index is 0.577. The quantitative estimate of drug-likeness (QED) is 0.284. The third-order valence-corrected chi connectivity index (χ3v) is 11.0. The number of rotatable bonds is 6. The summed E-state index contributed by atoms with van der Waals surface area (Å²) in [6.45, 7) is 0. The van der Waals surface area contributed by atoms with Crippen molar-refractivity contribution in [1.29, 1.82) is 0 Å². The zero-order valence-electron chi connectivity index (χ0n) is 18.0. The molecule has 5 rings (SSSR count). The van der Waals surface area contributed by atoms with E-state index < -0.39 is 15.8 Å². The molecule has 0 fully saturated rings. The first-order valence-electron chi connectivity index (χ1n) is 11.1. The van der Waals surface area contributed by atoms with Crippen LogP contribution >= 0.6 is 15.8 Å². The Balaban J connectivity index is 1.74. The molecule has 0 amide bonds. The fourth-order valence-corrected chi connectivity index (χ4v) is 9.80. The van der Waals surface area contributed by atoms with Crippen molar-refractivity contribution in [3.63, 3.8) is 0 Å². The number of allylic oxidation sites excluding steroid dienone is 4. The lowest BCUT2D eigenvalue weighted by Crippen LogP contribution is -2.18. The van der Waals surface area contributed by atoms with Gasteiger partial charge in [0.15, 0.2) is 0 Å². The van der Waals surface area contributed by atoms with E-state index in [1.54, 1.807) is 5.31 Å². The number of hydrogen-bond donors (Lipinski definition) is 0. The predicted octanol–water partition coefficient (Wildman–Crippen LogP) is 6.81. The highest BCUT2D eigenvalue weighted by Gasteiger charge is 2.27. The van der Waals surface area contributed by atoms with Crippen LogP contribution in [0.4, 0.5) is 0 Å². The molecule has 0 saturated carbocycles. The van der Waals surface area contributed by atoms with Crippen LogP contribution in [0.25, 0.3) is 0 Å². The molecule has 2 heteroatoms. The third kappa shape index (κ3) is 4.54. The summed E-state index contributed by atoms with van der Waals surface area (Å²) >= 11 is 0. The first kappa shape index (κ1) is 21.1. The van der Waals surface area contributed by atoms with Gasteiger partial charge in [-0.05, 0) is 60.5 Å². The van der Waals surface area contributed by atoms with E-state index in [0.717, 1.165) is 12.8 Å². The van der Waals surface area contributed by atoms with Crippen molar-refractivity contribution in [2.45, 2.75) is 12.8 Å². The SMILES string of the molecule is C1=CC(P(c2ccccc2)c2ccccc2)=C(P(c2ccccc2)c2ccccc2)CC1. The van der Waals surface area contributed by atoms with Gasteiger partial charge in [0, 0.05) is 0 Å². The Morgan fingerprint density at radius 2 is 0.812 bits per heavy atom. The molecule has 0 aliphatic heterocycles. The highest BCUT2D eigenvalue weighted by molar-refractivity contribution is 7.80. The standard InChI is InChI=1S/C30H26P2/c1-5-15-25(16-6-1)31(26-17-7-2-8-18-26)29-23-13-14-24-30(29)32(27-19-9-3-10-20-27)28-21-11-4-12-22-28/h1-13,15-23H,14,24H2. The number of hydrogen-bond acceptors (Lipinski definition) is 0. The van der Waals surface area contributed by atoms with Crippen molar-refractivity contribution in [1.82, 2.24) is 0 Å².